The van der Waals surface area contributed by atoms with Crippen LogP contribution in [0.25, 0.3) is 0 Å². The summed E-state index contributed by atoms with van der Waals surface area (Å²) < 4.78 is 2.37. The van der Waals surface area contributed by atoms with Crippen molar-refractivity contribution in [2.75, 3.05) is 13.1 Å². The van der Waals surface area contributed by atoms with Crippen molar-refractivity contribution in [3.8, 4) is 0 Å². The van der Waals surface area contributed by atoms with Crippen LogP contribution >= 0.6 is 0 Å². The van der Waals surface area contributed by atoms with Crippen LogP contribution in [0.2, 0.25) is 0 Å². The summed E-state index contributed by atoms with van der Waals surface area (Å²) in [5.74, 6) is 0.833. The van der Waals surface area contributed by atoms with Crippen molar-refractivity contribution in [2.24, 2.45) is 5.92 Å². The van der Waals surface area contributed by atoms with Gasteiger partial charge in [-0.15, -0.1) is 0 Å². The molecule has 2 aliphatic rings. The summed E-state index contributed by atoms with van der Waals surface area (Å²) >= 11 is 0. The number of hydrogen-bond donors (Lipinski definition) is 0. The standard InChI is InChI=1S/C14H23N3/c1-12-5-8-17-11-15-13(14(17)9-12)10-16-6-3-2-4-7-16/h11-12H,2-10H2,1H3. The van der Waals surface area contributed by atoms with Crippen molar-refractivity contribution in [3.05, 3.63) is 17.7 Å². The first-order valence-corrected chi connectivity index (χ1v) is 7.08. The lowest BCUT2D eigenvalue weighted by Gasteiger charge is -2.27. The number of piperidine rings is 1. The lowest BCUT2D eigenvalue weighted by molar-refractivity contribution is 0.217. The molecule has 17 heavy (non-hydrogen) atoms. The molecule has 0 radical (unpaired) electrons. The second-order valence-electron chi connectivity index (χ2n) is 5.77. The number of hydrogen-bond acceptors (Lipinski definition) is 2. The Morgan fingerprint density at radius 2 is 2.06 bits per heavy atom. The fourth-order valence-electron chi connectivity index (χ4n) is 3.13. The summed E-state index contributed by atoms with van der Waals surface area (Å²) in [6, 6.07) is 0. The fourth-order valence-corrected chi connectivity index (χ4v) is 3.13. The van der Waals surface area contributed by atoms with E-state index in [9.17, 15) is 0 Å². The molecule has 0 amide bonds. The molecule has 3 heteroatoms. The fraction of sp³-hybridized carbons (Fsp3) is 0.786. The van der Waals surface area contributed by atoms with E-state index in [0.29, 0.717) is 0 Å². The van der Waals surface area contributed by atoms with Crippen molar-refractivity contribution in [1.29, 1.82) is 0 Å². The van der Waals surface area contributed by atoms with Gasteiger partial charge < -0.3 is 4.57 Å². The van der Waals surface area contributed by atoms with Gasteiger partial charge in [0.05, 0.1) is 12.0 Å². The first-order valence-electron chi connectivity index (χ1n) is 7.08. The molecule has 1 unspecified atom stereocenters. The van der Waals surface area contributed by atoms with Crippen LogP contribution in [-0.2, 0) is 19.5 Å². The molecular formula is C14H23N3. The molecule has 1 atom stereocenters. The third kappa shape index (κ3) is 2.39. The van der Waals surface area contributed by atoms with Gasteiger partial charge in [-0.1, -0.05) is 13.3 Å². The van der Waals surface area contributed by atoms with Gasteiger partial charge in [-0.25, -0.2) is 4.98 Å². The Morgan fingerprint density at radius 1 is 1.24 bits per heavy atom. The summed E-state index contributed by atoms with van der Waals surface area (Å²) in [5.41, 5.74) is 2.85. The maximum atomic E-state index is 4.65. The highest BCUT2D eigenvalue weighted by molar-refractivity contribution is 5.15. The molecular weight excluding hydrogens is 210 g/mol. The van der Waals surface area contributed by atoms with Gasteiger partial charge in [0, 0.05) is 18.8 Å². The first kappa shape index (κ1) is 11.3. The Balaban J connectivity index is 1.72. The minimum absolute atomic E-state index is 0.833. The zero-order valence-electron chi connectivity index (χ0n) is 10.9. The SMILES string of the molecule is CC1CCn2cnc(CN3CCCCC3)c2C1. The average Bonchev–Trinajstić information content (AvgIpc) is 2.73. The monoisotopic (exact) mass is 233 g/mol. The maximum absolute atomic E-state index is 4.65. The number of aromatic nitrogens is 2. The van der Waals surface area contributed by atoms with Gasteiger partial charge in [-0.3, -0.25) is 4.90 Å². The zero-order valence-corrected chi connectivity index (χ0v) is 10.9. The third-order valence-electron chi connectivity index (χ3n) is 4.26. The van der Waals surface area contributed by atoms with Gasteiger partial charge in [-0.05, 0) is 44.7 Å². The second kappa shape index (κ2) is 4.81. The highest BCUT2D eigenvalue weighted by atomic mass is 15.2. The molecule has 1 fully saturated rings. The number of aryl methyl sites for hydroxylation is 1. The Morgan fingerprint density at radius 3 is 2.88 bits per heavy atom. The molecule has 94 valence electrons. The summed E-state index contributed by atoms with van der Waals surface area (Å²) in [6.07, 6.45) is 8.74. The summed E-state index contributed by atoms with van der Waals surface area (Å²) in [6.45, 7) is 7.14. The number of fused-ring (bicyclic) bond motifs is 1. The van der Waals surface area contributed by atoms with Gasteiger partial charge in [0.25, 0.3) is 0 Å². The van der Waals surface area contributed by atoms with Gasteiger partial charge in [0.1, 0.15) is 0 Å². The molecule has 0 spiro atoms. The van der Waals surface area contributed by atoms with Gasteiger partial charge >= 0.3 is 0 Å². The highest BCUT2D eigenvalue weighted by Gasteiger charge is 2.21. The maximum Gasteiger partial charge on any atom is 0.0952 e. The molecule has 3 heterocycles. The normalized spacial score (nSPS) is 25.8. The van der Waals surface area contributed by atoms with Crippen molar-refractivity contribution in [2.45, 2.75) is 52.1 Å². The lowest BCUT2D eigenvalue weighted by Crippen LogP contribution is -2.30. The molecule has 1 aromatic rings. The van der Waals surface area contributed by atoms with E-state index in [4.69, 9.17) is 0 Å². The molecule has 0 bridgehead atoms. The van der Waals surface area contributed by atoms with Crippen LogP contribution in [0.5, 0.6) is 0 Å². The van der Waals surface area contributed by atoms with Crippen LogP contribution in [0, 0.1) is 5.92 Å². The number of likely N-dealkylation sites (tertiary alicyclic amines) is 1. The Labute approximate surface area is 104 Å². The van der Waals surface area contributed by atoms with Crippen molar-refractivity contribution in [3.63, 3.8) is 0 Å². The van der Waals surface area contributed by atoms with Crippen LogP contribution < -0.4 is 0 Å². The van der Waals surface area contributed by atoms with Crippen LogP contribution in [0.4, 0.5) is 0 Å². The molecule has 0 aromatic carbocycles. The van der Waals surface area contributed by atoms with E-state index in [-0.39, 0.29) is 0 Å². The van der Waals surface area contributed by atoms with Crippen molar-refractivity contribution >= 4 is 0 Å². The largest absolute Gasteiger partial charge is 0.334 e. The van der Waals surface area contributed by atoms with E-state index >= 15 is 0 Å². The predicted molar refractivity (Wildman–Crippen MR) is 68.8 cm³/mol. The van der Waals surface area contributed by atoms with Crippen molar-refractivity contribution in [1.82, 2.24) is 14.5 Å². The molecule has 1 aromatic heterocycles. The third-order valence-corrected chi connectivity index (χ3v) is 4.26. The van der Waals surface area contributed by atoms with Gasteiger partial charge in [0.2, 0.25) is 0 Å². The molecule has 3 nitrogen and oxygen atoms in total. The first-order chi connectivity index (χ1) is 8.33. The number of rotatable bonds is 2. The zero-order chi connectivity index (χ0) is 11.7. The Bertz CT molecular complexity index is 377. The topological polar surface area (TPSA) is 21.1 Å². The number of nitrogens with zero attached hydrogens (tertiary/aromatic N) is 3. The van der Waals surface area contributed by atoms with Crippen LogP contribution in [0.3, 0.4) is 0 Å². The molecule has 0 saturated carbocycles. The molecule has 2 aliphatic heterocycles. The molecule has 3 rings (SSSR count). The summed E-state index contributed by atoms with van der Waals surface area (Å²) in [4.78, 5) is 7.22. The minimum atomic E-state index is 0.833. The van der Waals surface area contributed by atoms with Crippen LogP contribution in [0.1, 0.15) is 44.0 Å². The van der Waals surface area contributed by atoms with Crippen molar-refractivity contribution < 1.29 is 0 Å². The quantitative estimate of drug-likeness (QED) is 0.782. The average molecular weight is 233 g/mol. The molecule has 0 aliphatic carbocycles. The van der Waals surface area contributed by atoms with E-state index in [0.717, 1.165) is 12.5 Å². The van der Waals surface area contributed by atoms with Crippen LogP contribution in [0.15, 0.2) is 6.33 Å². The smallest absolute Gasteiger partial charge is 0.0952 e. The van der Waals surface area contributed by atoms with Gasteiger partial charge in [-0.2, -0.15) is 0 Å². The minimum Gasteiger partial charge on any atom is -0.334 e. The Hall–Kier alpha value is -0.830. The van der Waals surface area contributed by atoms with E-state index in [1.54, 1.807) is 0 Å². The Kier molecular flexibility index (Phi) is 3.19. The molecule has 1 saturated heterocycles. The highest BCUT2D eigenvalue weighted by Crippen LogP contribution is 2.23. The van der Waals surface area contributed by atoms with E-state index in [2.05, 4.69) is 27.7 Å². The van der Waals surface area contributed by atoms with E-state index in [1.807, 2.05) is 0 Å². The number of imidazole rings is 1. The predicted octanol–water partition coefficient (Wildman–Crippen LogP) is 2.45. The van der Waals surface area contributed by atoms with Gasteiger partial charge in [0.15, 0.2) is 0 Å². The summed E-state index contributed by atoms with van der Waals surface area (Å²) in [5, 5.41) is 0. The van der Waals surface area contributed by atoms with E-state index in [1.165, 1.54) is 63.1 Å². The summed E-state index contributed by atoms with van der Waals surface area (Å²) in [7, 11) is 0. The lowest BCUT2D eigenvalue weighted by atomic mass is 9.97. The van der Waals surface area contributed by atoms with Crippen LogP contribution in [-0.4, -0.2) is 27.5 Å². The van der Waals surface area contributed by atoms with E-state index < -0.39 is 0 Å². The molecule has 0 N–H and O–H groups in total. The second-order valence-corrected chi connectivity index (χ2v) is 5.77.